The van der Waals surface area contributed by atoms with Crippen molar-refractivity contribution < 1.29 is 4.74 Å². The quantitative estimate of drug-likeness (QED) is 0.189. The third-order valence-electron chi connectivity index (χ3n) is 8.37. The number of hydrogen-bond donors (Lipinski definition) is 0. The number of ether oxygens (including phenoxy) is 1. The molecule has 0 aliphatic carbocycles. The predicted molar refractivity (Wildman–Crippen MR) is 185 cm³/mol. The van der Waals surface area contributed by atoms with Gasteiger partial charge in [0.05, 0.1) is 17.1 Å². The van der Waals surface area contributed by atoms with Crippen LogP contribution in [-0.2, 0) is 5.41 Å². The van der Waals surface area contributed by atoms with Crippen LogP contribution in [0, 0.1) is 0 Å². The lowest BCUT2D eigenvalue weighted by Crippen LogP contribution is -2.12. The number of hydrogen-bond acceptors (Lipinski definition) is 2. The van der Waals surface area contributed by atoms with Crippen LogP contribution < -0.4 is 13.9 Å². The van der Waals surface area contributed by atoms with Crippen LogP contribution in [0.4, 0.5) is 22.7 Å². The average molecular weight is 585 g/mol. The van der Waals surface area contributed by atoms with Crippen LogP contribution >= 0.6 is 0 Å². The molecule has 1 aliphatic rings. The van der Waals surface area contributed by atoms with E-state index < -0.39 is 0 Å². The molecule has 0 saturated heterocycles. The van der Waals surface area contributed by atoms with Gasteiger partial charge in [0.25, 0.3) is 11.4 Å². The lowest BCUT2D eigenvalue weighted by atomic mass is 9.88. The highest BCUT2D eigenvalue weighted by Crippen LogP contribution is 2.38. The summed E-state index contributed by atoms with van der Waals surface area (Å²) < 4.78 is 13.0. The van der Waals surface area contributed by atoms with Crippen LogP contribution in [0.2, 0.25) is 0 Å². The van der Waals surface area contributed by atoms with E-state index in [9.17, 15) is 0 Å². The summed E-state index contributed by atoms with van der Waals surface area (Å²) in [7, 11) is 0. The lowest BCUT2D eigenvalue weighted by Gasteiger charge is -2.20. The molecule has 0 atom stereocenters. The van der Waals surface area contributed by atoms with Crippen molar-refractivity contribution in [2.45, 2.75) is 26.2 Å². The zero-order chi connectivity index (χ0) is 30.5. The van der Waals surface area contributed by atoms with E-state index in [-0.39, 0.29) is 5.41 Å². The molecule has 5 heteroatoms. The maximum absolute atomic E-state index is 6.52. The summed E-state index contributed by atoms with van der Waals surface area (Å²) in [6.07, 6.45) is 1.91. The van der Waals surface area contributed by atoms with Crippen molar-refractivity contribution in [2.75, 3.05) is 0 Å². The minimum absolute atomic E-state index is 0.0263. The third-order valence-corrected chi connectivity index (χ3v) is 8.37. The number of para-hydroxylation sites is 4. The number of fused-ring (bicyclic) bond motifs is 4. The highest BCUT2D eigenvalue weighted by Gasteiger charge is 2.36. The van der Waals surface area contributed by atoms with Crippen LogP contribution in [0.1, 0.15) is 26.3 Å². The number of aromatic nitrogens is 2. The van der Waals surface area contributed by atoms with Gasteiger partial charge in [-0.05, 0) is 62.6 Å². The number of nitrogens with zero attached hydrogens (tertiary/aromatic N) is 4. The second-order valence-corrected chi connectivity index (χ2v) is 12.4. The first-order valence-corrected chi connectivity index (χ1v) is 15.2. The van der Waals surface area contributed by atoms with Crippen molar-refractivity contribution in [1.82, 2.24) is 18.7 Å². The normalized spacial score (nSPS) is 12.7. The van der Waals surface area contributed by atoms with Crippen molar-refractivity contribution in [3.05, 3.63) is 145 Å². The summed E-state index contributed by atoms with van der Waals surface area (Å²) in [5.74, 6) is 2.45. The van der Waals surface area contributed by atoms with E-state index in [1.165, 1.54) is 5.56 Å². The fourth-order valence-corrected chi connectivity index (χ4v) is 6.11. The van der Waals surface area contributed by atoms with Gasteiger partial charge in [0.2, 0.25) is 11.4 Å². The maximum atomic E-state index is 6.52. The monoisotopic (exact) mass is 584 g/mol. The molecule has 0 spiro atoms. The van der Waals surface area contributed by atoms with Gasteiger partial charge < -0.3 is 4.74 Å². The van der Waals surface area contributed by atoms with Gasteiger partial charge in [0.15, 0.2) is 0 Å². The molecule has 0 radical (unpaired) electrons. The van der Waals surface area contributed by atoms with Gasteiger partial charge in [-0.1, -0.05) is 75.4 Å². The second kappa shape index (κ2) is 10.4. The Hall–Kier alpha value is -5.77. The summed E-state index contributed by atoms with van der Waals surface area (Å²) >= 11 is 0. The van der Waals surface area contributed by atoms with Gasteiger partial charge in [-0.3, -0.25) is 4.57 Å². The third kappa shape index (κ3) is 4.71. The Morgan fingerprint density at radius 2 is 1.27 bits per heavy atom. The van der Waals surface area contributed by atoms with Gasteiger partial charge >= 0.3 is 6.01 Å². The van der Waals surface area contributed by atoms with Crippen LogP contribution in [-0.4, -0.2) is 15.6 Å². The van der Waals surface area contributed by atoms with Gasteiger partial charge in [-0.2, -0.15) is 0 Å². The Morgan fingerprint density at radius 3 is 2.07 bits per heavy atom. The Bertz CT molecular complexity index is 2320. The first-order valence-electron chi connectivity index (χ1n) is 15.2. The average Bonchev–Trinajstić information content (AvgIpc) is 3.61. The first-order chi connectivity index (χ1) is 21.9. The van der Waals surface area contributed by atoms with E-state index in [1.54, 1.807) is 0 Å². The zero-order valence-electron chi connectivity index (χ0n) is 25.5. The van der Waals surface area contributed by atoms with E-state index >= 15 is 0 Å². The molecular formula is C40H32N4O+2. The lowest BCUT2D eigenvalue weighted by molar-refractivity contribution is 0.483. The smallest absolute Gasteiger partial charge is 0.457 e. The molecule has 2 aromatic heterocycles. The maximum Gasteiger partial charge on any atom is 0.503 e. The fourth-order valence-electron chi connectivity index (χ4n) is 6.11. The highest BCUT2D eigenvalue weighted by atomic mass is 16.5. The molecule has 0 amide bonds. The summed E-state index contributed by atoms with van der Waals surface area (Å²) in [5, 5.41) is 2.28. The topological polar surface area (TPSA) is 33.1 Å². The minimum atomic E-state index is 0.0263. The molecule has 45 heavy (non-hydrogen) atoms. The zero-order valence-corrected chi connectivity index (χ0v) is 25.5. The summed E-state index contributed by atoms with van der Waals surface area (Å²) in [6.45, 7) is 6.69. The minimum Gasteiger partial charge on any atom is -0.457 e. The summed E-state index contributed by atoms with van der Waals surface area (Å²) in [4.78, 5) is 4.79. The van der Waals surface area contributed by atoms with Crippen molar-refractivity contribution in [2.24, 2.45) is 0 Å². The Kier molecular flexibility index (Phi) is 6.23. The number of rotatable bonds is 5. The van der Waals surface area contributed by atoms with Crippen molar-refractivity contribution in [3.8, 4) is 17.3 Å². The second-order valence-electron chi connectivity index (χ2n) is 12.4. The summed E-state index contributed by atoms with van der Waals surface area (Å²) in [5.41, 5.74) is 7.67. The molecule has 0 unspecified atom stereocenters. The summed E-state index contributed by atoms with van der Waals surface area (Å²) in [6, 6.07) is 49.5. The molecule has 3 heterocycles. The molecule has 7 aromatic rings. The van der Waals surface area contributed by atoms with E-state index in [2.05, 4.69) is 138 Å². The Balaban J connectivity index is 1.19. The first kappa shape index (κ1) is 26.8. The molecule has 5 nitrogen and oxygen atoms in total. The molecule has 5 aromatic carbocycles. The largest absolute Gasteiger partial charge is 0.503 e. The van der Waals surface area contributed by atoms with Crippen molar-refractivity contribution in [3.63, 3.8) is 0 Å². The molecule has 8 rings (SSSR count). The standard InChI is InChI=1S/C40H32N4O/c1-40(2,3)28-22-23-41-39(24-28)44-35-17-8-7-16-33(35)34-26-32(20-21-36(34)44)45-31-15-11-14-30(25-31)43-27-42(29-12-5-4-6-13-29)37-18-9-10-19-38(37)43/h4-26H,1-3H3/q+2. The Labute approximate surface area is 262 Å². The van der Waals surface area contributed by atoms with Crippen LogP contribution in [0.3, 0.4) is 0 Å². The van der Waals surface area contributed by atoms with E-state index in [4.69, 9.17) is 9.72 Å². The van der Waals surface area contributed by atoms with E-state index in [1.807, 2.05) is 42.6 Å². The van der Waals surface area contributed by atoms with Gasteiger partial charge in [0, 0.05) is 47.3 Å². The number of pyridine rings is 1. The van der Waals surface area contributed by atoms with Gasteiger partial charge in [0.1, 0.15) is 17.3 Å². The molecular weight excluding hydrogens is 552 g/mol. The molecule has 0 saturated carbocycles. The van der Waals surface area contributed by atoms with Crippen LogP contribution in [0.15, 0.2) is 140 Å². The molecule has 0 fully saturated rings. The van der Waals surface area contributed by atoms with E-state index in [0.29, 0.717) is 0 Å². The molecule has 0 N–H and O–H groups in total. The van der Waals surface area contributed by atoms with Crippen LogP contribution in [0.25, 0.3) is 27.6 Å². The molecule has 1 aliphatic heterocycles. The van der Waals surface area contributed by atoms with Crippen molar-refractivity contribution in [1.29, 1.82) is 0 Å². The highest BCUT2D eigenvalue weighted by molar-refractivity contribution is 6.09. The fraction of sp³-hybridized carbons (Fsp3) is 0.100. The van der Waals surface area contributed by atoms with Gasteiger partial charge in [-0.25, -0.2) is 4.98 Å². The molecule has 216 valence electrons. The predicted octanol–water partition coefficient (Wildman–Crippen LogP) is 10.1. The SMILES string of the molecule is CC(C)(C)c1ccnc(-n2c3ccccc3c3cc(Oc4cccc([N+]5=C=[N+](c6ccccc6)c6ccccc65)c4)ccc32)c1. The van der Waals surface area contributed by atoms with Crippen molar-refractivity contribution >= 4 is 50.6 Å². The number of benzene rings is 5. The van der Waals surface area contributed by atoms with Crippen LogP contribution in [0.5, 0.6) is 11.5 Å². The van der Waals surface area contributed by atoms with E-state index in [0.717, 1.165) is 61.9 Å². The molecule has 0 bridgehead atoms. The Morgan fingerprint density at radius 1 is 0.600 bits per heavy atom. The van der Waals surface area contributed by atoms with Gasteiger partial charge in [-0.15, -0.1) is 0 Å².